The van der Waals surface area contributed by atoms with Crippen molar-refractivity contribution in [3.63, 3.8) is 0 Å². The summed E-state index contributed by atoms with van der Waals surface area (Å²) < 4.78 is 10.9. The molecule has 18 heavy (non-hydrogen) atoms. The van der Waals surface area contributed by atoms with Gasteiger partial charge in [-0.25, -0.2) is 0 Å². The van der Waals surface area contributed by atoms with Crippen molar-refractivity contribution in [1.29, 1.82) is 0 Å². The molecule has 1 N–H and O–H groups in total. The number of aliphatic hydroxyl groups is 1. The van der Waals surface area contributed by atoms with Crippen LogP contribution < -0.4 is 0 Å². The molecule has 0 aliphatic carbocycles. The van der Waals surface area contributed by atoms with Gasteiger partial charge in [-0.1, -0.05) is 18.2 Å². The van der Waals surface area contributed by atoms with Crippen LogP contribution in [0.4, 0.5) is 0 Å². The topological polar surface area (TPSA) is 38.7 Å². The molecule has 1 aromatic carbocycles. The van der Waals surface area contributed by atoms with Crippen molar-refractivity contribution in [2.75, 3.05) is 13.2 Å². The lowest BCUT2D eigenvalue weighted by molar-refractivity contribution is -0.183. The van der Waals surface area contributed by atoms with E-state index in [1.807, 2.05) is 6.07 Å². The van der Waals surface area contributed by atoms with Crippen LogP contribution in [0.2, 0.25) is 0 Å². The smallest absolute Gasteiger partial charge is 0.157 e. The molecule has 1 saturated heterocycles. The first-order valence-corrected chi connectivity index (χ1v) is 6.65. The van der Waals surface area contributed by atoms with E-state index in [2.05, 4.69) is 26.0 Å². The zero-order valence-electron chi connectivity index (χ0n) is 11.2. The second-order valence-corrected chi connectivity index (χ2v) is 4.96. The van der Waals surface area contributed by atoms with Crippen LogP contribution in [0.15, 0.2) is 18.2 Å². The molecular formula is C15H22O3. The standard InChI is InChI=1S/C15H22O3/c1-11-4-5-13(10-12(11)2)14(16)6-7-15-17-8-3-9-18-15/h4-5,10,14-16H,3,6-9H2,1-2H3. The van der Waals surface area contributed by atoms with Gasteiger partial charge in [0.2, 0.25) is 0 Å². The molecule has 2 rings (SSSR count). The molecule has 1 aliphatic heterocycles. The number of aliphatic hydroxyl groups excluding tert-OH is 1. The van der Waals surface area contributed by atoms with Crippen molar-refractivity contribution in [3.05, 3.63) is 34.9 Å². The summed E-state index contributed by atoms with van der Waals surface area (Å²) in [5.41, 5.74) is 3.45. The summed E-state index contributed by atoms with van der Waals surface area (Å²) in [4.78, 5) is 0. The van der Waals surface area contributed by atoms with Gasteiger partial charge < -0.3 is 14.6 Å². The van der Waals surface area contributed by atoms with Crippen LogP contribution in [0.5, 0.6) is 0 Å². The highest BCUT2D eigenvalue weighted by Crippen LogP contribution is 2.23. The van der Waals surface area contributed by atoms with Crippen molar-refractivity contribution < 1.29 is 14.6 Å². The minimum atomic E-state index is -0.432. The molecule has 0 amide bonds. The van der Waals surface area contributed by atoms with Gasteiger partial charge in [-0.2, -0.15) is 0 Å². The van der Waals surface area contributed by atoms with E-state index in [4.69, 9.17) is 9.47 Å². The molecule has 1 atom stereocenters. The molecular weight excluding hydrogens is 228 g/mol. The lowest BCUT2D eigenvalue weighted by Gasteiger charge is -2.24. The molecule has 3 heteroatoms. The lowest BCUT2D eigenvalue weighted by atomic mass is 10.00. The van der Waals surface area contributed by atoms with E-state index in [0.29, 0.717) is 6.42 Å². The summed E-state index contributed by atoms with van der Waals surface area (Å²) in [5.74, 6) is 0. The highest BCUT2D eigenvalue weighted by Gasteiger charge is 2.17. The number of hydrogen-bond acceptors (Lipinski definition) is 3. The summed E-state index contributed by atoms with van der Waals surface area (Å²) in [5, 5.41) is 10.2. The average Bonchev–Trinajstić information content (AvgIpc) is 2.40. The van der Waals surface area contributed by atoms with Crippen LogP contribution in [0.3, 0.4) is 0 Å². The highest BCUT2D eigenvalue weighted by atomic mass is 16.7. The number of benzene rings is 1. The Labute approximate surface area is 109 Å². The molecule has 0 bridgehead atoms. The maximum absolute atomic E-state index is 10.2. The fraction of sp³-hybridized carbons (Fsp3) is 0.600. The molecule has 3 nitrogen and oxygen atoms in total. The van der Waals surface area contributed by atoms with Gasteiger partial charge in [-0.15, -0.1) is 0 Å². The molecule has 0 saturated carbocycles. The maximum atomic E-state index is 10.2. The molecule has 1 aromatic rings. The molecule has 0 aromatic heterocycles. The van der Waals surface area contributed by atoms with Gasteiger partial charge >= 0.3 is 0 Å². The van der Waals surface area contributed by atoms with E-state index in [1.165, 1.54) is 11.1 Å². The van der Waals surface area contributed by atoms with Crippen molar-refractivity contribution in [3.8, 4) is 0 Å². The first kappa shape index (κ1) is 13.5. The third-order valence-corrected chi connectivity index (χ3v) is 3.49. The van der Waals surface area contributed by atoms with Gasteiger partial charge in [0.1, 0.15) is 0 Å². The number of hydrogen-bond donors (Lipinski definition) is 1. The molecule has 1 fully saturated rings. The van der Waals surface area contributed by atoms with Gasteiger partial charge in [0.25, 0.3) is 0 Å². The quantitative estimate of drug-likeness (QED) is 0.893. The predicted octanol–water partition coefficient (Wildman–Crippen LogP) is 2.88. The van der Waals surface area contributed by atoms with Crippen molar-refractivity contribution in [1.82, 2.24) is 0 Å². The van der Waals surface area contributed by atoms with Crippen molar-refractivity contribution in [2.45, 2.75) is 45.5 Å². The normalized spacial score (nSPS) is 18.8. The van der Waals surface area contributed by atoms with E-state index in [-0.39, 0.29) is 6.29 Å². The van der Waals surface area contributed by atoms with Crippen molar-refractivity contribution in [2.24, 2.45) is 0 Å². The van der Waals surface area contributed by atoms with Gasteiger partial charge in [0, 0.05) is 6.42 Å². The Bertz CT molecular complexity index is 383. The van der Waals surface area contributed by atoms with Crippen LogP contribution >= 0.6 is 0 Å². The first-order chi connectivity index (χ1) is 8.66. The van der Waals surface area contributed by atoms with Gasteiger partial charge in [-0.3, -0.25) is 0 Å². The molecule has 0 spiro atoms. The van der Waals surface area contributed by atoms with Crippen LogP contribution in [-0.2, 0) is 9.47 Å². The number of rotatable bonds is 4. The Kier molecular flexibility index (Phi) is 4.75. The lowest BCUT2D eigenvalue weighted by Crippen LogP contribution is -2.25. The second kappa shape index (κ2) is 6.32. The fourth-order valence-corrected chi connectivity index (χ4v) is 2.14. The van der Waals surface area contributed by atoms with Crippen molar-refractivity contribution >= 4 is 0 Å². The van der Waals surface area contributed by atoms with Crippen LogP contribution in [0.1, 0.15) is 42.1 Å². The third kappa shape index (κ3) is 3.55. The van der Waals surface area contributed by atoms with E-state index in [0.717, 1.165) is 31.6 Å². The molecule has 1 heterocycles. The first-order valence-electron chi connectivity index (χ1n) is 6.65. The largest absolute Gasteiger partial charge is 0.388 e. The average molecular weight is 250 g/mol. The van der Waals surface area contributed by atoms with Crippen LogP contribution in [0.25, 0.3) is 0 Å². The molecule has 0 radical (unpaired) electrons. The SMILES string of the molecule is Cc1ccc(C(O)CCC2OCCCO2)cc1C. The minimum absolute atomic E-state index is 0.139. The third-order valence-electron chi connectivity index (χ3n) is 3.49. The monoisotopic (exact) mass is 250 g/mol. The Morgan fingerprint density at radius 1 is 1.22 bits per heavy atom. The molecule has 1 aliphatic rings. The van der Waals surface area contributed by atoms with Gasteiger partial charge in [-0.05, 0) is 43.4 Å². The summed E-state index contributed by atoms with van der Waals surface area (Å²) >= 11 is 0. The zero-order valence-corrected chi connectivity index (χ0v) is 11.2. The molecule has 1 unspecified atom stereocenters. The Morgan fingerprint density at radius 2 is 1.94 bits per heavy atom. The Morgan fingerprint density at radius 3 is 2.61 bits per heavy atom. The Balaban J connectivity index is 1.86. The number of aryl methyl sites for hydroxylation is 2. The van der Waals surface area contributed by atoms with E-state index >= 15 is 0 Å². The summed E-state index contributed by atoms with van der Waals surface area (Å²) in [6, 6.07) is 6.11. The van der Waals surface area contributed by atoms with Gasteiger partial charge in [0.05, 0.1) is 19.3 Å². The summed E-state index contributed by atoms with van der Waals surface area (Å²) in [6.45, 7) is 5.68. The van der Waals surface area contributed by atoms with E-state index < -0.39 is 6.10 Å². The predicted molar refractivity (Wildman–Crippen MR) is 70.4 cm³/mol. The highest BCUT2D eigenvalue weighted by molar-refractivity contribution is 5.31. The Hall–Kier alpha value is -0.900. The van der Waals surface area contributed by atoms with E-state index in [9.17, 15) is 5.11 Å². The molecule has 100 valence electrons. The minimum Gasteiger partial charge on any atom is -0.388 e. The van der Waals surface area contributed by atoms with E-state index in [1.54, 1.807) is 0 Å². The van der Waals surface area contributed by atoms with Crippen LogP contribution in [-0.4, -0.2) is 24.6 Å². The van der Waals surface area contributed by atoms with Crippen LogP contribution in [0, 0.1) is 13.8 Å². The summed E-state index contributed by atoms with van der Waals surface area (Å²) in [6.07, 6.45) is 1.82. The van der Waals surface area contributed by atoms with Gasteiger partial charge in [0.15, 0.2) is 6.29 Å². The fourth-order valence-electron chi connectivity index (χ4n) is 2.14. The second-order valence-electron chi connectivity index (χ2n) is 4.96. The number of ether oxygens (including phenoxy) is 2. The zero-order chi connectivity index (χ0) is 13.0. The summed E-state index contributed by atoms with van der Waals surface area (Å²) in [7, 11) is 0. The maximum Gasteiger partial charge on any atom is 0.157 e.